The molecule has 14 heavy (non-hydrogen) atoms. The van der Waals surface area contributed by atoms with Gasteiger partial charge in [-0.2, -0.15) is 4.40 Å². The van der Waals surface area contributed by atoms with Crippen LogP contribution < -0.4 is 0 Å². The van der Waals surface area contributed by atoms with Gasteiger partial charge in [0.05, 0.1) is 4.90 Å². The van der Waals surface area contributed by atoms with Crippen molar-refractivity contribution in [2.24, 2.45) is 10.3 Å². The first-order chi connectivity index (χ1) is 6.75. The summed E-state index contributed by atoms with van der Waals surface area (Å²) in [6.07, 6.45) is 4.24. The lowest BCUT2D eigenvalue weighted by atomic mass is 10.2. The predicted molar refractivity (Wildman–Crippen MR) is 58.8 cm³/mol. The molecule has 1 saturated carbocycles. The Morgan fingerprint density at radius 3 is 2.57 bits per heavy atom. The second-order valence-corrected chi connectivity index (χ2v) is 4.83. The Morgan fingerprint density at radius 2 is 2.00 bits per heavy atom. The van der Waals surface area contributed by atoms with E-state index in [0.29, 0.717) is 5.92 Å². The summed E-state index contributed by atoms with van der Waals surface area (Å²) >= 11 is 0. The fourth-order valence-corrected chi connectivity index (χ4v) is 1.88. The topological polar surface area (TPSA) is 29.4 Å². The Labute approximate surface area is 86.7 Å². The Kier molecular flexibility index (Phi) is 2.77. The highest BCUT2D eigenvalue weighted by Crippen LogP contribution is 2.26. The third-order valence-electron chi connectivity index (χ3n) is 2.21. The van der Waals surface area contributed by atoms with Crippen LogP contribution in [0.3, 0.4) is 0 Å². The number of hydrogen-bond donors (Lipinski definition) is 0. The summed E-state index contributed by atoms with van der Waals surface area (Å²) in [5.41, 5.74) is 1.18. The van der Waals surface area contributed by atoms with Crippen LogP contribution in [-0.2, 0) is 11.0 Å². The first-order valence-corrected chi connectivity index (χ1v) is 5.89. The van der Waals surface area contributed by atoms with E-state index in [9.17, 15) is 4.21 Å². The van der Waals surface area contributed by atoms with Gasteiger partial charge < -0.3 is 0 Å². The van der Waals surface area contributed by atoms with Gasteiger partial charge in [-0.05, 0) is 37.8 Å². The minimum absolute atomic E-state index is 0.587. The monoisotopic (exact) mass is 207 g/mol. The Morgan fingerprint density at radius 1 is 1.36 bits per heavy atom. The van der Waals surface area contributed by atoms with Crippen LogP contribution in [0.4, 0.5) is 0 Å². The largest absolute Gasteiger partial charge is 0.230 e. The normalized spacial score (nSPS) is 18.6. The molecule has 0 amide bonds. The van der Waals surface area contributed by atoms with Gasteiger partial charge in [-0.15, -0.1) is 0 Å². The second kappa shape index (κ2) is 4.05. The van der Waals surface area contributed by atoms with E-state index in [1.54, 1.807) is 0 Å². The van der Waals surface area contributed by atoms with Gasteiger partial charge in [0, 0.05) is 6.21 Å². The predicted octanol–water partition coefficient (Wildman–Crippen LogP) is 2.50. The quantitative estimate of drug-likeness (QED) is 0.700. The Bertz CT molecular complexity index is 365. The number of rotatable bonds is 3. The molecule has 2 nitrogen and oxygen atoms in total. The van der Waals surface area contributed by atoms with Crippen LogP contribution in [0.15, 0.2) is 33.6 Å². The van der Waals surface area contributed by atoms with Crippen molar-refractivity contribution in [1.82, 2.24) is 0 Å². The molecule has 0 bridgehead atoms. The van der Waals surface area contributed by atoms with Gasteiger partial charge in [-0.3, -0.25) is 0 Å². The summed E-state index contributed by atoms with van der Waals surface area (Å²) in [5, 5.41) is 0. The van der Waals surface area contributed by atoms with Crippen molar-refractivity contribution in [1.29, 1.82) is 0 Å². The van der Waals surface area contributed by atoms with Gasteiger partial charge in [0.25, 0.3) is 0 Å². The zero-order chi connectivity index (χ0) is 9.97. The highest BCUT2D eigenvalue weighted by Gasteiger charge is 2.18. The van der Waals surface area contributed by atoms with Crippen molar-refractivity contribution in [3.8, 4) is 0 Å². The zero-order valence-corrected chi connectivity index (χ0v) is 8.96. The molecule has 0 aliphatic heterocycles. The number of nitrogens with zero attached hydrogens (tertiary/aromatic N) is 1. The van der Waals surface area contributed by atoms with Crippen molar-refractivity contribution >= 4 is 17.2 Å². The molecule has 1 aliphatic rings. The summed E-state index contributed by atoms with van der Waals surface area (Å²) < 4.78 is 15.6. The molecule has 74 valence electrons. The number of hydrogen-bond acceptors (Lipinski definition) is 1. The van der Waals surface area contributed by atoms with Crippen LogP contribution in [0.2, 0.25) is 0 Å². The standard InChI is InChI=1S/C11H13NOS/c1-9-2-6-11(7-3-9)14(13)12-8-10-4-5-10/h2-3,6-8,10H,4-5H2,1H3/b12-8+. The molecule has 0 saturated heterocycles. The smallest absolute Gasteiger partial charge is 0.172 e. The van der Waals surface area contributed by atoms with Crippen LogP contribution >= 0.6 is 0 Å². The summed E-state index contributed by atoms with van der Waals surface area (Å²) in [5.74, 6) is 0.587. The van der Waals surface area contributed by atoms with Crippen molar-refractivity contribution in [2.75, 3.05) is 0 Å². The minimum atomic E-state index is -1.20. The molecule has 2 rings (SSSR count). The maximum absolute atomic E-state index is 11.6. The lowest BCUT2D eigenvalue weighted by molar-refractivity contribution is 0.684. The molecule has 0 radical (unpaired) electrons. The van der Waals surface area contributed by atoms with Gasteiger partial charge in [0.1, 0.15) is 0 Å². The van der Waals surface area contributed by atoms with Crippen molar-refractivity contribution in [2.45, 2.75) is 24.7 Å². The lowest BCUT2D eigenvalue weighted by Gasteiger charge is -1.96. The second-order valence-electron chi connectivity index (χ2n) is 3.65. The molecule has 0 aromatic heterocycles. The van der Waals surface area contributed by atoms with E-state index >= 15 is 0 Å². The Hall–Kier alpha value is -0.960. The molecule has 3 heteroatoms. The van der Waals surface area contributed by atoms with E-state index in [1.807, 2.05) is 37.4 Å². The average molecular weight is 207 g/mol. The van der Waals surface area contributed by atoms with E-state index in [4.69, 9.17) is 0 Å². The lowest BCUT2D eigenvalue weighted by Crippen LogP contribution is -1.88. The van der Waals surface area contributed by atoms with Gasteiger partial charge in [0.15, 0.2) is 11.0 Å². The SMILES string of the molecule is Cc1ccc(S(=O)/N=C/C2CC2)cc1. The summed E-state index contributed by atoms with van der Waals surface area (Å²) in [6.45, 7) is 2.01. The van der Waals surface area contributed by atoms with Crippen molar-refractivity contribution in [3.63, 3.8) is 0 Å². The van der Waals surface area contributed by atoms with Crippen molar-refractivity contribution in [3.05, 3.63) is 29.8 Å². The summed E-state index contributed by atoms with van der Waals surface area (Å²) in [4.78, 5) is 0.785. The zero-order valence-electron chi connectivity index (χ0n) is 8.14. The van der Waals surface area contributed by atoms with Crippen LogP contribution in [0.25, 0.3) is 0 Å². The third-order valence-corrected chi connectivity index (χ3v) is 3.20. The molecular formula is C11H13NOS. The molecule has 1 aromatic carbocycles. The molecule has 1 aliphatic carbocycles. The van der Waals surface area contributed by atoms with E-state index in [1.165, 1.54) is 18.4 Å². The molecule has 1 aromatic rings. The maximum atomic E-state index is 11.6. The van der Waals surface area contributed by atoms with E-state index in [0.717, 1.165) is 4.90 Å². The summed E-state index contributed by atoms with van der Waals surface area (Å²) in [6, 6.07) is 7.66. The first-order valence-electron chi connectivity index (χ1n) is 4.78. The van der Waals surface area contributed by atoms with Gasteiger partial charge in [-0.1, -0.05) is 17.7 Å². The minimum Gasteiger partial charge on any atom is -0.230 e. The van der Waals surface area contributed by atoms with Crippen LogP contribution in [-0.4, -0.2) is 10.4 Å². The molecule has 1 atom stereocenters. The fraction of sp³-hybridized carbons (Fsp3) is 0.364. The maximum Gasteiger partial charge on any atom is 0.172 e. The van der Waals surface area contributed by atoms with E-state index in [2.05, 4.69) is 4.40 Å². The first kappa shape index (κ1) is 9.59. The highest BCUT2D eigenvalue weighted by atomic mass is 32.2. The molecule has 0 spiro atoms. The van der Waals surface area contributed by atoms with Gasteiger partial charge in [0.2, 0.25) is 0 Å². The summed E-state index contributed by atoms with van der Waals surface area (Å²) in [7, 11) is -1.20. The van der Waals surface area contributed by atoms with Gasteiger partial charge in [-0.25, -0.2) is 4.21 Å². The molecule has 1 unspecified atom stereocenters. The number of aryl methyl sites for hydroxylation is 1. The van der Waals surface area contributed by atoms with E-state index < -0.39 is 11.0 Å². The van der Waals surface area contributed by atoms with Crippen molar-refractivity contribution < 1.29 is 4.21 Å². The van der Waals surface area contributed by atoms with Crippen LogP contribution in [0.5, 0.6) is 0 Å². The third kappa shape index (κ3) is 2.51. The fourth-order valence-electron chi connectivity index (χ4n) is 1.10. The molecular weight excluding hydrogens is 194 g/mol. The average Bonchev–Trinajstić information content (AvgIpc) is 2.99. The molecule has 0 heterocycles. The van der Waals surface area contributed by atoms with Crippen LogP contribution in [0.1, 0.15) is 18.4 Å². The molecule has 0 N–H and O–H groups in total. The Balaban J connectivity index is 2.06. The molecule has 1 fully saturated rings. The van der Waals surface area contributed by atoms with Crippen LogP contribution in [0, 0.1) is 12.8 Å². The van der Waals surface area contributed by atoms with E-state index in [-0.39, 0.29) is 0 Å². The number of benzene rings is 1. The van der Waals surface area contributed by atoms with Gasteiger partial charge >= 0.3 is 0 Å². The highest BCUT2D eigenvalue weighted by molar-refractivity contribution is 7.83.